The van der Waals surface area contributed by atoms with Crippen molar-refractivity contribution in [2.75, 3.05) is 13.2 Å². The second kappa shape index (κ2) is 11.8. The number of halogens is 4. The van der Waals surface area contributed by atoms with Crippen LogP contribution in [0.3, 0.4) is 0 Å². The average molecular weight is 499 g/mol. The first-order valence-corrected chi connectivity index (χ1v) is 11.4. The van der Waals surface area contributed by atoms with Crippen LogP contribution < -0.4 is 14.8 Å². The second-order valence-electron chi connectivity index (χ2n) is 6.88. The molecule has 0 atom stereocenters. The molecule has 31 heavy (non-hydrogen) atoms. The highest BCUT2D eigenvalue weighted by Crippen LogP contribution is 2.37. The van der Waals surface area contributed by atoms with Gasteiger partial charge in [0.1, 0.15) is 6.61 Å². The molecule has 0 amide bonds. The van der Waals surface area contributed by atoms with Crippen molar-refractivity contribution < 1.29 is 9.47 Å². The standard InChI is InChI=1S/C24H23Cl4NO2/c1-2-30-23-12-16(14-29-10-9-17-7-8-19(25)13-21(17)27)11-22(28)24(23)31-15-18-5-3-4-6-20(18)26/h3-8,11-13,29H,2,9-10,14-15H2,1H3. The number of nitrogens with one attached hydrogen (secondary N) is 1. The van der Waals surface area contributed by atoms with Gasteiger partial charge in [0.05, 0.1) is 11.6 Å². The minimum absolute atomic E-state index is 0.304. The van der Waals surface area contributed by atoms with Gasteiger partial charge in [0.2, 0.25) is 0 Å². The zero-order valence-corrected chi connectivity index (χ0v) is 20.1. The summed E-state index contributed by atoms with van der Waals surface area (Å²) < 4.78 is 11.7. The molecule has 3 aromatic rings. The van der Waals surface area contributed by atoms with Crippen LogP contribution in [0.4, 0.5) is 0 Å². The third kappa shape index (κ3) is 6.93. The van der Waals surface area contributed by atoms with E-state index in [9.17, 15) is 0 Å². The molecule has 0 saturated carbocycles. The fourth-order valence-electron chi connectivity index (χ4n) is 3.07. The normalized spacial score (nSPS) is 10.9. The molecule has 0 aliphatic heterocycles. The summed E-state index contributed by atoms with van der Waals surface area (Å²) in [4.78, 5) is 0. The number of rotatable bonds is 10. The molecule has 0 aliphatic rings. The molecule has 0 saturated heterocycles. The molecule has 0 unspecified atom stereocenters. The van der Waals surface area contributed by atoms with Gasteiger partial charge in [0.25, 0.3) is 0 Å². The van der Waals surface area contributed by atoms with Crippen LogP contribution in [0.2, 0.25) is 20.1 Å². The molecule has 164 valence electrons. The predicted molar refractivity (Wildman–Crippen MR) is 130 cm³/mol. The van der Waals surface area contributed by atoms with Crippen molar-refractivity contribution in [2.24, 2.45) is 0 Å². The van der Waals surface area contributed by atoms with Crippen LogP contribution >= 0.6 is 46.4 Å². The van der Waals surface area contributed by atoms with Crippen LogP contribution in [0.25, 0.3) is 0 Å². The minimum atomic E-state index is 0.304. The van der Waals surface area contributed by atoms with Crippen molar-refractivity contribution in [3.8, 4) is 11.5 Å². The Morgan fingerprint density at radius 3 is 2.35 bits per heavy atom. The summed E-state index contributed by atoms with van der Waals surface area (Å²) in [5, 5.41) is 5.87. The number of ether oxygens (including phenoxy) is 2. The van der Waals surface area contributed by atoms with E-state index in [1.807, 2.05) is 55.5 Å². The molecule has 1 N–H and O–H groups in total. The van der Waals surface area contributed by atoms with Gasteiger partial charge >= 0.3 is 0 Å². The van der Waals surface area contributed by atoms with Crippen LogP contribution in [0.15, 0.2) is 54.6 Å². The lowest BCUT2D eigenvalue weighted by atomic mass is 10.1. The van der Waals surface area contributed by atoms with Crippen molar-refractivity contribution >= 4 is 46.4 Å². The van der Waals surface area contributed by atoms with Crippen molar-refractivity contribution in [2.45, 2.75) is 26.5 Å². The second-order valence-corrected chi connectivity index (χ2v) is 8.54. The Bertz CT molecular complexity index is 1030. The summed E-state index contributed by atoms with van der Waals surface area (Å²) in [5.41, 5.74) is 2.94. The zero-order chi connectivity index (χ0) is 22.2. The summed E-state index contributed by atoms with van der Waals surface area (Å²) >= 11 is 24.9. The fraction of sp³-hybridized carbons (Fsp3) is 0.250. The van der Waals surface area contributed by atoms with E-state index in [1.54, 1.807) is 6.07 Å². The average Bonchev–Trinajstić information content (AvgIpc) is 2.73. The van der Waals surface area contributed by atoms with Gasteiger partial charge in [-0.15, -0.1) is 0 Å². The van der Waals surface area contributed by atoms with Crippen molar-refractivity contribution in [1.29, 1.82) is 0 Å². The SMILES string of the molecule is CCOc1cc(CNCCc2ccc(Cl)cc2Cl)cc(Cl)c1OCc1ccccc1Cl. The molecule has 7 heteroatoms. The topological polar surface area (TPSA) is 30.5 Å². The summed E-state index contributed by atoms with van der Waals surface area (Å²) in [6, 6.07) is 16.9. The van der Waals surface area contributed by atoms with Crippen LogP contribution in [0.1, 0.15) is 23.6 Å². The predicted octanol–water partition coefficient (Wildman–Crippen LogP) is 7.61. The molecule has 0 fully saturated rings. The van der Waals surface area contributed by atoms with Gasteiger partial charge < -0.3 is 14.8 Å². The van der Waals surface area contributed by atoms with Gasteiger partial charge in [0.15, 0.2) is 11.5 Å². The molecule has 3 rings (SSSR count). The smallest absolute Gasteiger partial charge is 0.180 e. The van der Waals surface area contributed by atoms with Crippen molar-refractivity contribution in [3.05, 3.63) is 91.4 Å². The van der Waals surface area contributed by atoms with E-state index in [4.69, 9.17) is 55.9 Å². The lowest BCUT2D eigenvalue weighted by molar-refractivity contribution is 0.269. The molecule has 0 heterocycles. The minimum Gasteiger partial charge on any atom is -0.490 e. The molecule has 0 bridgehead atoms. The van der Waals surface area contributed by atoms with Gasteiger partial charge in [-0.25, -0.2) is 0 Å². The Labute approximate surface area is 203 Å². The number of benzene rings is 3. The third-order valence-corrected chi connectivity index (χ3v) is 5.85. The maximum absolute atomic E-state index is 6.52. The number of hydrogen-bond donors (Lipinski definition) is 1. The van der Waals surface area contributed by atoms with E-state index in [0.29, 0.717) is 51.3 Å². The Balaban J connectivity index is 1.63. The molecular weight excluding hydrogens is 476 g/mol. The van der Waals surface area contributed by atoms with E-state index in [-0.39, 0.29) is 0 Å². The molecule has 3 aromatic carbocycles. The summed E-state index contributed by atoms with van der Waals surface area (Å²) in [7, 11) is 0. The maximum atomic E-state index is 6.52. The van der Waals surface area contributed by atoms with Crippen LogP contribution in [-0.2, 0) is 19.6 Å². The van der Waals surface area contributed by atoms with Crippen LogP contribution in [-0.4, -0.2) is 13.2 Å². The molecule has 0 aromatic heterocycles. The van der Waals surface area contributed by atoms with Crippen LogP contribution in [0, 0.1) is 0 Å². The fourth-order valence-corrected chi connectivity index (χ4v) is 4.05. The Morgan fingerprint density at radius 2 is 1.61 bits per heavy atom. The van der Waals surface area contributed by atoms with Gasteiger partial charge in [-0.3, -0.25) is 0 Å². The first-order valence-electron chi connectivity index (χ1n) is 9.94. The summed E-state index contributed by atoms with van der Waals surface area (Å²) in [6.45, 7) is 4.12. The highest BCUT2D eigenvalue weighted by atomic mass is 35.5. The zero-order valence-electron chi connectivity index (χ0n) is 17.1. The van der Waals surface area contributed by atoms with Gasteiger partial charge in [0, 0.05) is 27.2 Å². The van der Waals surface area contributed by atoms with E-state index in [1.165, 1.54) is 0 Å². The first-order chi connectivity index (χ1) is 15.0. The first kappa shape index (κ1) is 24.0. The van der Waals surface area contributed by atoms with Gasteiger partial charge in [-0.05, 0) is 61.3 Å². The molecule has 0 radical (unpaired) electrons. The summed E-state index contributed by atoms with van der Waals surface area (Å²) in [5.74, 6) is 1.12. The highest BCUT2D eigenvalue weighted by Gasteiger charge is 2.14. The Morgan fingerprint density at radius 1 is 0.806 bits per heavy atom. The Kier molecular flexibility index (Phi) is 9.18. The van der Waals surface area contributed by atoms with Gasteiger partial charge in [-0.2, -0.15) is 0 Å². The Hall–Kier alpha value is -1.62. The maximum Gasteiger partial charge on any atom is 0.180 e. The van der Waals surface area contributed by atoms with E-state index in [2.05, 4.69) is 5.32 Å². The summed E-state index contributed by atoms with van der Waals surface area (Å²) in [6.07, 6.45) is 0.793. The monoisotopic (exact) mass is 497 g/mol. The van der Waals surface area contributed by atoms with Crippen LogP contribution in [0.5, 0.6) is 11.5 Å². The molecular formula is C24H23Cl4NO2. The third-order valence-electron chi connectivity index (χ3n) is 4.61. The van der Waals surface area contributed by atoms with Crippen molar-refractivity contribution in [1.82, 2.24) is 5.32 Å². The number of hydrogen-bond acceptors (Lipinski definition) is 3. The molecule has 3 nitrogen and oxygen atoms in total. The highest BCUT2D eigenvalue weighted by molar-refractivity contribution is 6.35. The largest absolute Gasteiger partial charge is 0.490 e. The van der Waals surface area contributed by atoms with E-state index < -0.39 is 0 Å². The quantitative estimate of drug-likeness (QED) is 0.292. The van der Waals surface area contributed by atoms with E-state index >= 15 is 0 Å². The lowest BCUT2D eigenvalue weighted by Crippen LogP contribution is -2.17. The van der Waals surface area contributed by atoms with Gasteiger partial charge in [-0.1, -0.05) is 70.7 Å². The van der Waals surface area contributed by atoms with E-state index in [0.717, 1.165) is 29.7 Å². The molecule has 0 aliphatic carbocycles. The lowest BCUT2D eigenvalue weighted by Gasteiger charge is -2.16. The van der Waals surface area contributed by atoms with Crippen molar-refractivity contribution in [3.63, 3.8) is 0 Å². The molecule has 0 spiro atoms.